The monoisotopic (exact) mass is 245 g/mol. The topological polar surface area (TPSA) is 39.9 Å². The van der Waals surface area contributed by atoms with E-state index in [2.05, 4.69) is 24.2 Å². The average molecular weight is 246 g/mol. The number of aryl methyl sites for hydroxylation is 1. The molecule has 0 fully saturated rings. The minimum atomic E-state index is 0.399. The molecular formula is C11H20ClN3O. The molecule has 16 heavy (non-hydrogen) atoms. The fraction of sp³-hybridized carbons (Fsp3) is 0.818. The summed E-state index contributed by atoms with van der Waals surface area (Å²) in [5.74, 6) is 0.828. The Morgan fingerprint density at radius 3 is 2.75 bits per heavy atom. The van der Waals surface area contributed by atoms with Crippen LogP contribution in [0.2, 0.25) is 0 Å². The third-order valence-corrected chi connectivity index (χ3v) is 2.64. The van der Waals surface area contributed by atoms with Crippen LogP contribution in [0.3, 0.4) is 0 Å². The van der Waals surface area contributed by atoms with E-state index in [1.807, 2.05) is 11.6 Å². The van der Waals surface area contributed by atoms with Gasteiger partial charge in [0.1, 0.15) is 5.69 Å². The summed E-state index contributed by atoms with van der Waals surface area (Å²) in [6, 6.07) is 0. The molecule has 0 atom stereocenters. The molecule has 0 saturated carbocycles. The lowest BCUT2D eigenvalue weighted by Crippen LogP contribution is -2.09. The van der Waals surface area contributed by atoms with Crippen molar-refractivity contribution in [2.45, 2.75) is 45.5 Å². The van der Waals surface area contributed by atoms with E-state index in [4.69, 9.17) is 16.3 Å². The summed E-state index contributed by atoms with van der Waals surface area (Å²) in [4.78, 5) is 0. The summed E-state index contributed by atoms with van der Waals surface area (Å²) in [5.41, 5.74) is 2.04. The van der Waals surface area contributed by atoms with Crippen LogP contribution in [0.1, 0.15) is 44.5 Å². The lowest BCUT2D eigenvalue weighted by atomic mass is 10.1. The van der Waals surface area contributed by atoms with Crippen molar-refractivity contribution < 1.29 is 4.74 Å². The maximum Gasteiger partial charge on any atom is 0.101 e. The second-order valence-corrected chi connectivity index (χ2v) is 4.25. The number of ether oxygens (including phenoxy) is 1. The standard InChI is InChI=1S/C11H20ClN3O/c1-4-16-7-5-6-15-11(9(2)3)10(8-12)13-14-15/h9H,4-8H2,1-3H3. The summed E-state index contributed by atoms with van der Waals surface area (Å²) < 4.78 is 7.25. The van der Waals surface area contributed by atoms with Gasteiger partial charge in [-0.05, 0) is 19.3 Å². The molecule has 0 unspecified atom stereocenters. The minimum absolute atomic E-state index is 0.399. The highest BCUT2D eigenvalue weighted by Crippen LogP contribution is 2.19. The third-order valence-electron chi connectivity index (χ3n) is 2.38. The Morgan fingerprint density at radius 2 is 2.19 bits per heavy atom. The fourth-order valence-electron chi connectivity index (χ4n) is 1.71. The highest BCUT2D eigenvalue weighted by atomic mass is 35.5. The molecule has 0 aliphatic carbocycles. The first kappa shape index (κ1) is 13.5. The first-order chi connectivity index (χ1) is 7.70. The molecule has 1 aromatic heterocycles. The first-order valence-electron chi connectivity index (χ1n) is 5.76. The van der Waals surface area contributed by atoms with Gasteiger partial charge in [-0.3, -0.25) is 0 Å². The fourth-order valence-corrected chi connectivity index (χ4v) is 1.90. The quantitative estimate of drug-likeness (QED) is 0.548. The van der Waals surface area contributed by atoms with Crippen LogP contribution in [0.4, 0.5) is 0 Å². The molecule has 0 saturated heterocycles. The van der Waals surface area contributed by atoms with Crippen LogP contribution < -0.4 is 0 Å². The van der Waals surface area contributed by atoms with Crippen LogP contribution in [0.15, 0.2) is 0 Å². The molecular weight excluding hydrogens is 226 g/mol. The SMILES string of the molecule is CCOCCCn1nnc(CCl)c1C(C)C. The van der Waals surface area contributed by atoms with Crippen molar-refractivity contribution in [3.05, 3.63) is 11.4 Å². The molecule has 0 aromatic carbocycles. The van der Waals surface area contributed by atoms with E-state index in [1.165, 1.54) is 0 Å². The second kappa shape index (κ2) is 6.86. The van der Waals surface area contributed by atoms with Crippen molar-refractivity contribution in [2.75, 3.05) is 13.2 Å². The largest absolute Gasteiger partial charge is 0.382 e. The predicted molar refractivity (Wildman–Crippen MR) is 64.8 cm³/mol. The molecule has 4 nitrogen and oxygen atoms in total. The summed E-state index contributed by atoms with van der Waals surface area (Å²) in [5, 5.41) is 8.23. The van der Waals surface area contributed by atoms with Gasteiger partial charge in [0, 0.05) is 19.8 Å². The lowest BCUT2D eigenvalue weighted by molar-refractivity contribution is 0.140. The summed E-state index contributed by atoms with van der Waals surface area (Å²) in [6.45, 7) is 8.64. The molecule has 1 aromatic rings. The Labute approximate surface area is 102 Å². The summed E-state index contributed by atoms with van der Waals surface area (Å²) in [7, 11) is 0. The van der Waals surface area contributed by atoms with Crippen LogP contribution in [0.25, 0.3) is 0 Å². The number of rotatable bonds is 7. The van der Waals surface area contributed by atoms with Gasteiger partial charge >= 0.3 is 0 Å². The zero-order valence-electron chi connectivity index (χ0n) is 10.2. The molecule has 0 N–H and O–H groups in total. The Hall–Kier alpha value is -0.610. The molecule has 0 aliphatic rings. The van der Waals surface area contributed by atoms with Crippen molar-refractivity contribution in [3.8, 4) is 0 Å². The van der Waals surface area contributed by atoms with Gasteiger partial charge in [-0.25, -0.2) is 4.68 Å². The number of hydrogen-bond donors (Lipinski definition) is 0. The van der Waals surface area contributed by atoms with Gasteiger partial charge in [0.15, 0.2) is 0 Å². The van der Waals surface area contributed by atoms with Crippen molar-refractivity contribution in [1.29, 1.82) is 0 Å². The Balaban J connectivity index is 2.61. The van der Waals surface area contributed by atoms with Crippen LogP contribution in [0, 0.1) is 0 Å². The zero-order valence-corrected chi connectivity index (χ0v) is 11.0. The third kappa shape index (κ3) is 3.46. The number of halogens is 1. The number of nitrogens with zero attached hydrogens (tertiary/aromatic N) is 3. The van der Waals surface area contributed by atoms with Crippen molar-refractivity contribution in [3.63, 3.8) is 0 Å². The van der Waals surface area contributed by atoms with Gasteiger partial charge in [0.05, 0.1) is 11.6 Å². The molecule has 0 radical (unpaired) electrons. The van der Waals surface area contributed by atoms with E-state index in [1.54, 1.807) is 0 Å². The summed E-state index contributed by atoms with van der Waals surface area (Å²) >= 11 is 5.83. The van der Waals surface area contributed by atoms with E-state index in [-0.39, 0.29) is 0 Å². The normalized spacial score (nSPS) is 11.3. The molecule has 0 spiro atoms. The first-order valence-corrected chi connectivity index (χ1v) is 6.30. The van der Waals surface area contributed by atoms with Gasteiger partial charge in [-0.2, -0.15) is 0 Å². The van der Waals surface area contributed by atoms with Crippen LogP contribution in [0.5, 0.6) is 0 Å². The maximum atomic E-state index is 5.83. The molecule has 92 valence electrons. The van der Waals surface area contributed by atoms with E-state index in [0.717, 1.165) is 37.6 Å². The van der Waals surface area contributed by atoms with E-state index < -0.39 is 0 Å². The van der Waals surface area contributed by atoms with Crippen LogP contribution >= 0.6 is 11.6 Å². The van der Waals surface area contributed by atoms with Gasteiger partial charge in [0.25, 0.3) is 0 Å². The molecule has 5 heteroatoms. The lowest BCUT2D eigenvalue weighted by Gasteiger charge is -2.10. The van der Waals surface area contributed by atoms with Gasteiger partial charge in [0.2, 0.25) is 0 Å². The minimum Gasteiger partial charge on any atom is -0.382 e. The molecule has 1 heterocycles. The van der Waals surface area contributed by atoms with Crippen LogP contribution in [-0.2, 0) is 17.2 Å². The van der Waals surface area contributed by atoms with Crippen molar-refractivity contribution in [2.24, 2.45) is 0 Å². The highest BCUT2D eigenvalue weighted by molar-refractivity contribution is 6.16. The zero-order chi connectivity index (χ0) is 12.0. The number of hydrogen-bond acceptors (Lipinski definition) is 3. The number of alkyl halides is 1. The average Bonchev–Trinajstić information content (AvgIpc) is 2.67. The van der Waals surface area contributed by atoms with Crippen LogP contribution in [-0.4, -0.2) is 28.2 Å². The maximum absolute atomic E-state index is 5.83. The molecule has 0 amide bonds. The van der Waals surface area contributed by atoms with Crippen molar-refractivity contribution in [1.82, 2.24) is 15.0 Å². The summed E-state index contributed by atoms with van der Waals surface area (Å²) in [6.07, 6.45) is 0.957. The Morgan fingerprint density at radius 1 is 1.44 bits per heavy atom. The smallest absolute Gasteiger partial charge is 0.101 e. The van der Waals surface area contributed by atoms with Crippen molar-refractivity contribution >= 4 is 11.6 Å². The molecule has 0 aliphatic heterocycles. The van der Waals surface area contributed by atoms with Gasteiger partial charge < -0.3 is 4.74 Å². The van der Waals surface area contributed by atoms with Gasteiger partial charge in [-0.1, -0.05) is 19.1 Å². The Bertz CT molecular complexity index is 312. The van der Waals surface area contributed by atoms with Gasteiger partial charge in [-0.15, -0.1) is 16.7 Å². The van der Waals surface area contributed by atoms with E-state index >= 15 is 0 Å². The highest BCUT2D eigenvalue weighted by Gasteiger charge is 2.14. The van der Waals surface area contributed by atoms with E-state index in [9.17, 15) is 0 Å². The second-order valence-electron chi connectivity index (χ2n) is 3.98. The van der Waals surface area contributed by atoms with E-state index in [0.29, 0.717) is 11.8 Å². The number of aromatic nitrogens is 3. The molecule has 0 bridgehead atoms. The Kier molecular flexibility index (Phi) is 5.77. The predicted octanol–water partition coefficient (Wildman–Crippen LogP) is 2.57. The molecule has 1 rings (SSSR count).